The van der Waals surface area contributed by atoms with Gasteiger partial charge < -0.3 is 144 Å². The van der Waals surface area contributed by atoms with E-state index in [0.717, 1.165) is 18.4 Å². The van der Waals surface area contributed by atoms with Crippen LogP contribution in [0.15, 0.2) is 11.6 Å². The number of rotatable bonds is 20. The molecule has 5 heterocycles. The van der Waals surface area contributed by atoms with Crippen molar-refractivity contribution < 1.29 is 144 Å². The van der Waals surface area contributed by atoms with Crippen molar-refractivity contribution in [3.8, 4) is 0 Å². The number of aliphatic hydroxyl groups is 19. The first kappa shape index (κ1) is 71.9. The van der Waals surface area contributed by atoms with Gasteiger partial charge in [-0.3, -0.25) is 0 Å². The van der Waals surface area contributed by atoms with Gasteiger partial charge in [-0.2, -0.15) is 0 Å². The van der Waals surface area contributed by atoms with Gasteiger partial charge >= 0.3 is 0 Å². The van der Waals surface area contributed by atoms with Crippen LogP contribution < -0.4 is 0 Å². The lowest BCUT2D eigenvalue weighted by molar-refractivity contribution is -0.366. The lowest BCUT2D eigenvalue weighted by Crippen LogP contribution is -2.65. The smallest absolute Gasteiger partial charge is 0.187 e. The molecule has 0 aromatic rings. The maximum atomic E-state index is 12.8. The first-order chi connectivity index (χ1) is 41.6. The number of allylic oxidation sites excluding steroid dienone is 1. The zero-order valence-electron chi connectivity index (χ0n) is 51.8. The summed E-state index contributed by atoms with van der Waals surface area (Å²) in [5.41, 5.74) is -2.28. The van der Waals surface area contributed by atoms with E-state index in [0.29, 0.717) is 32.1 Å². The van der Waals surface area contributed by atoms with Crippen LogP contribution in [0.1, 0.15) is 107 Å². The second kappa shape index (κ2) is 27.6. The van der Waals surface area contributed by atoms with Crippen LogP contribution in [0, 0.1) is 45.3 Å². The molecular formula is C60H102O29. The van der Waals surface area contributed by atoms with E-state index >= 15 is 0 Å². The zero-order valence-corrected chi connectivity index (χ0v) is 51.8. The molecule has 35 atom stereocenters. The predicted molar refractivity (Wildman–Crippen MR) is 300 cm³/mol. The fourth-order valence-corrected chi connectivity index (χ4v) is 17.0. The molecule has 89 heavy (non-hydrogen) atoms. The number of ether oxygens (including phenoxy) is 10. The fourth-order valence-electron chi connectivity index (χ4n) is 17.0. The molecule has 19 N–H and O–H groups in total. The molecule has 29 heteroatoms. The molecule has 0 aromatic heterocycles. The maximum Gasteiger partial charge on any atom is 0.187 e. The summed E-state index contributed by atoms with van der Waals surface area (Å²) >= 11 is 0. The van der Waals surface area contributed by atoms with E-state index < -0.39 is 221 Å². The standard InChI is InChI=1S/C60H102O29/c1-23(9-13-35(57(4,5)79)88-54-47(76)44(73)38(67)30(86-54)21-80-51-45(74)41(70)36(65)27(18-61)82-51)24-15-16-58(6)32-12-10-25-26(60(32,8)33(64)17-59(24,58)7)11-14-34(56(25,2)3)87-53-46(75)43(72)39(68)31(85-53)22-81-52-49(78)50(40(69)29(20-63)83-52)89-55-48(77)42(71)37(66)28(19-62)84-55/h10,23-24,26-55,61-79H,9,11-22H2,1-8H3/t23-,24?,26?,27-,28-,29-,30-,31-,32?,33-,34+,35-,36-,37-,38-,39-,40-,41+,42+,43+,44+,45-,46-,47-,48-,49-,50+,51?,52-,53+,54+,55+,58+,59-,60+/m1/s1. The minimum absolute atomic E-state index is 0.0420. The van der Waals surface area contributed by atoms with Crippen molar-refractivity contribution >= 4 is 0 Å². The van der Waals surface area contributed by atoms with E-state index in [9.17, 15) is 97.0 Å². The second-order valence-electron chi connectivity index (χ2n) is 28.7. The van der Waals surface area contributed by atoms with Gasteiger partial charge in [0.1, 0.15) is 122 Å². The van der Waals surface area contributed by atoms with E-state index in [4.69, 9.17) is 47.4 Å². The molecule has 5 aliphatic heterocycles. The Hall–Kier alpha value is -1.42. The quantitative estimate of drug-likeness (QED) is 0.0506. The molecule has 0 spiro atoms. The highest BCUT2D eigenvalue weighted by Gasteiger charge is 2.70. The Morgan fingerprint density at radius 2 is 0.966 bits per heavy atom. The number of hydrogen-bond acceptors (Lipinski definition) is 29. The molecule has 9 rings (SSSR count). The largest absolute Gasteiger partial charge is 0.394 e. The average molecular weight is 1290 g/mol. The summed E-state index contributed by atoms with van der Waals surface area (Å²) in [6.45, 7) is 12.7. The number of aliphatic hydroxyl groups excluding tert-OH is 18. The van der Waals surface area contributed by atoms with Crippen LogP contribution in [-0.4, -0.2) is 308 Å². The molecule has 0 bridgehead atoms. The molecule has 0 aromatic carbocycles. The minimum Gasteiger partial charge on any atom is -0.394 e. The third-order valence-electron chi connectivity index (χ3n) is 22.9. The molecular weight excluding hydrogens is 1180 g/mol. The molecule has 3 saturated carbocycles. The Bertz CT molecular complexity index is 2350. The van der Waals surface area contributed by atoms with Crippen LogP contribution in [-0.2, 0) is 47.4 Å². The van der Waals surface area contributed by atoms with E-state index in [2.05, 4.69) is 33.8 Å². The van der Waals surface area contributed by atoms with Crippen molar-refractivity contribution in [1.29, 1.82) is 0 Å². The lowest BCUT2D eigenvalue weighted by atomic mass is 9.38. The summed E-state index contributed by atoms with van der Waals surface area (Å²) in [5.74, 6) is 0.148. The van der Waals surface area contributed by atoms with Gasteiger partial charge in [0.25, 0.3) is 0 Å². The van der Waals surface area contributed by atoms with Crippen molar-refractivity contribution in [2.24, 2.45) is 45.3 Å². The monoisotopic (exact) mass is 1290 g/mol. The molecule has 9 aliphatic rings. The molecule has 8 fully saturated rings. The second-order valence-corrected chi connectivity index (χ2v) is 28.7. The van der Waals surface area contributed by atoms with Gasteiger partial charge in [-0.25, -0.2) is 0 Å². The van der Waals surface area contributed by atoms with Crippen molar-refractivity contribution in [3.05, 3.63) is 11.6 Å². The van der Waals surface area contributed by atoms with Crippen LogP contribution in [0.5, 0.6) is 0 Å². The van der Waals surface area contributed by atoms with Gasteiger partial charge in [0.15, 0.2) is 31.5 Å². The predicted octanol–water partition coefficient (Wildman–Crippen LogP) is -5.41. The third-order valence-corrected chi connectivity index (χ3v) is 22.9. The molecule has 4 unspecified atom stereocenters. The van der Waals surface area contributed by atoms with Gasteiger partial charge in [-0.05, 0) is 99.7 Å². The van der Waals surface area contributed by atoms with Crippen LogP contribution in [0.4, 0.5) is 0 Å². The molecule has 29 nitrogen and oxygen atoms in total. The van der Waals surface area contributed by atoms with Crippen LogP contribution in [0.2, 0.25) is 0 Å². The fraction of sp³-hybridized carbons (Fsp3) is 0.967. The normalized spacial score (nSPS) is 51.8. The van der Waals surface area contributed by atoms with Gasteiger partial charge in [0, 0.05) is 10.8 Å². The first-order valence-corrected chi connectivity index (χ1v) is 31.6. The van der Waals surface area contributed by atoms with Crippen LogP contribution in [0.25, 0.3) is 0 Å². The molecule has 0 radical (unpaired) electrons. The lowest BCUT2D eigenvalue weighted by Gasteiger charge is -2.67. The van der Waals surface area contributed by atoms with Gasteiger partial charge in [0.2, 0.25) is 0 Å². The van der Waals surface area contributed by atoms with Crippen LogP contribution >= 0.6 is 0 Å². The zero-order chi connectivity index (χ0) is 65.5. The highest BCUT2D eigenvalue weighted by Crippen LogP contribution is 2.75. The summed E-state index contributed by atoms with van der Waals surface area (Å²) in [7, 11) is 0. The van der Waals surface area contributed by atoms with E-state index in [1.807, 2.05) is 13.8 Å². The van der Waals surface area contributed by atoms with E-state index in [1.54, 1.807) is 13.8 Å². The van der Waals surface area contributed by atoms with Crippen molar-refractivity contribution in [3.63, 3.8) is 0 Å². The third kappa shape index (κ3) is 13.1. The first-order valence-electron chi connectivity index (χ1n) is 31.6. The van der Waals surface area contributed by atoms with E-state index in [1.165, 1.54) is 0 Å². The topological polar surface area (TPSA) is 477 Å². The maximum absolute atomic E-state index is 12.8. The van der Waals surface area contributed by atoms with Crippen molar-refractivity contribution in [2.75, 3.05) is 33.0 Å². The van der Waals surface area contributed by atoms with Crippen molar-refractivity contribution in [2.45, 2.75) is 284 Å². The Morgan fingerprint density at radius 1 is 0.517 bits per heavy atom. The van der Waals surface area contributed by atoms with E-state index in [-0.39, 0.29) is 40.9 Å². The Morgan fingerprint density at radius 3 is 1.49 bits per heavy atom. The van der Waals surface area contributed by atoms with Crippen molar-refractivity contribution in [1.82, 2.24) is 0 Å². The van der Waals surface area contributed by atoms with Gasteiger partial charge in [0.05, 0.1) is 56.9 Å². The van der Waals surface area contributed by atoms with Gasteiger partial charge in [-0.1, -0.05) is 53.2 Å². The summed E-state index contributed by atoms with van der Waals surface area (Å²) in [5, 5.41) is 205. The highest BCUT2D eigenvalue weighted by atomic mass is 16.8. The van der Waals surface area contributed by atoms with Gasteiger partial charge in [-0.15, -0.1) is 0 Å². The Labute approximate surface area is 517 Å². The molecule has 5 saturated heterocycles. The summed E-state index contributed by atoms with van der Waals surface area (Å²) < 4.78 is 58.5. The number of fused-ring (bicyclic) bond motifs is 5. The number of hydrogen-bond donors (Lipinski definition) is 19. The molecule has 0 amide bonds. The van der Waals surface area contributed by atoms with Crippen LogP contribution in [0.3, 0.4) is 0 Å². The minimum atomic E-state index is -1.90. The summed E-state index contributed by atoms with van der Waals surface area (Å²) in [4.78, 5) is 0. The summed E-state index contributed by atoms with van der Waals surface area (Å²) in [6.07, 6.45) is -36.8. The average Bonchev–Trinajstić information content (AvgIpc) is 1.67. The Balaban J connectivity index is 0.829. The Kier molecular flexibility index (Phi) is 22.3. The summed E-state index contributed by atoms with van der Waals surface area (Å²) in [6, 6.07) is 0. The molecule has 516 valence electrons. The molecule has 4 aliphatic carbocycles. The highest BCUT2D eigenvalue weighted by molar-refractivity contribution is 5.32. The SMILES string of the molecule is C[C@H](CC[C@@H](O[C@@H]1O[C@H](COC2O[C@H](CO)[C@@H](O)[C@H](O)[C@H]2O)[C@@H](O)[C@H](O)[C@H]1O)C(C)(C)O)C1CC[C@@]2(C)C3CC=C4C(CC[C@H](O[C@@H]5O[C@H](CO[C@@H]6O[C@H](CO)[C@@H](O)[C@H](O[C@@H]7O[C@H](CO)[C@@H](O)[C@H](O)[C@H]7O)[C@H]6O)[C@@H](O)[C@H](O)[C@H]5O)C4(C)C)[C@]3(C)[C@H](O)C[C@]12C.